The molecule has 0 unspecified atom stereocenters. The number of aryl methyl sites for hydroxylation is 1. The van der Waals surface area contributed by atoms with Crippen LogP contribution in [-0.4, -0.2) is 5.91 Å². The van der Waals surface area contributed by atoms with Crippen molar-refractivity contribution >= 4 is 22.6 Å². The summed E-state index contributed by atoms with van der Waals surface area (Å²) in [6, 6.07) is 22.9. The summed E-state index contributed by atoms with van der Waals surface area (Å²) in [4.78, 5) is 12.4. The zero-order valence-electron chi connectivity index (χ0n) is 14.9. The summed E-state index contributed by atoms with van der Waals surface area (Å²) in [6.07, 6.45) is 1.92. The average Bonchev–Trinajstić information content (AvgIpc) is 3.06. The van der Waals surface area contributed by atoms with Gasteiger partial charge in [-0.2, -0.15) is 0 Å². The molecule has 0 fully saturated rings. The van der Waals surface area contributed by atoms with E-state index in [2.05, 4.69) is 5.32 Å². The quantitative estimate of drug-likeness (QED) is 0.497. The number of carbonyl (C=O) groups excluding carboxylic acids is 1. The molecule has 0 atom stereocenters. The number of anilines is 1. The lowest BCUT2D eigenvalue weighted by atomic mass is 10.1. The summed E-state index contributed by atoms with van der Waals surface area (Å²) >= 11 is 0. The third kappa shape index (κ3) is 4.01. The van der Waals surface area contributed by atoms with Crippen molar-refractivity contribution in [3.63, 3.8) is 0 Å². The number of hydrogen-bond acceptors (Lipinski definition) is 3. The lowest BCUT2D eigenvalue weighted by Gasteiger charge is -2.08. The number of amides is 1. The van der Waals surface area contributed by atoms with E-state index in [4.69, 9.17) is 9.15 Å². The first kappa shape index (κ1) is 16.9. The van der Waals surface area contributed by atoms with Gasteiger partial charge >= 0.3 is 0 Å². The zero-order chi connectivity index (χ0) is 18.6. The first-order valence-corrected chi connectivity index (χ1v) is 8.77. The summed E-state index contributed by atoms with van der Waals surface area (Å²) in [5.74, 6) is 1.41. The summed E-state index contributed by atoms with van der Waals surface area (Å²) in [6.45, 7) is 2.02. The predicted molar refractivity (Wildman–Crippen MR) is 106 cm³/mol. The minimum absolute atomic E-state index is 0.0871. The number of ether oxygens (including phenoxy) is 1. The van der Waals surface area contributed by atoms with E-state index in [1.807, 2.05) is 79.7 Å². The molecule has 0 saturated carbocycles. The third-order valence-corrected chi connectivity index (χ3v) is 4.28. The standard InChI is InChI=1S/C23H19NO3/c1-16-7-12-22-21(13-16)17(15-26-22)14-23(25)24-18-8-10-20(11-9-18)27-19-5-3-2-4-6-19/h2-13,15H,14H2,1H3,(H,24,25). The van der Waals surface area contributed by atoms with Gasteiger partial charge in [-0.1, -0.05) is 29.8 Å². The number of hydrogen-bond donors (Lipinski definition) is 1. The molecule has 1 amide bonds. The van der Waals surface area contributed by atoms with Crippen molar-refractivity contribution in [1.29, 1.82) is 0 Å². The van der Waals surface area contributed by atoms with Crippen molar-refractivity contribution in [2.45, 2.75) is 13.3 Å². The van der Waals surface area contributed by atoms with Crippen LogP contribution in [0.2, 0.25) is 0 Å². The highest BCUT2D eigenvalue weighted by Gasteiger charge is 2.11. The summed E-state index contributed by atoms with van der Waals surface area (Å²) in [5, 5.41) is 3.90. The van der Waals surface area contributed by atoms with E-state index in [9.17, 15) is 4.79 Å². The molecule has 0 aliphatic rings. The van der Waals surface area contributed by atoms with Crippen LogP contribution in [0.3, 0.4) is 0 Å². The second-order valence-electron chi connectivity index (χ2n) is 6.42. The van der Waals surface area contributed by atoms with Crippen LogP contribution in [0.5, 0.6) is 11.5 Å². The molecule has 0 radical (unpaired) electrons. The third-order valence-electron chi connectivity index (χ3n) is 4.28. The van der Waals surface area contributed by atoms with Crippen LogP contribution in [0, 0.1) is 6.92 Å². The second-order valence-corrected chi connectivity index (χ2v) is 6.42. The molecule has 4 heteroatoms. The van der Waals surface area contributed by atoms with Gasteiger partial charge in [0.05, 0.1) is 12.7 Å². The molecule has 0 bridgehead atoms. The van der Waals surface area contributed by atoms with Gasteiger partial charge < -0.3 is 14.5 Å². The van der Waals surface area contributed by atoms with Gasteiger partial charge in [-0.3, -0.25) is 4.79 Å². The van der Waals surface area contributed by atoms with Crippen molar-refractivity contribution in [3.05, 3.63) is 90.2 Å². The van der Waals surface area contributed by atoms with E-state index >= 15 is 0 Å². The van der Waals surface area contributed by atoms with Crippen molar-refractivity contribution < 1.29 is 13.9 Å². The van der Waals surface area contributed by atoms with Gasteiger partial charge in [-0.25, -0.2) is 0 Å². The normalized spacial score (nSPS) is 10.7. The van der Waals surface area contributed by atoms with Crippen LogP contribution < -0.4 is 10.1 Å². The Morgan fingerprint density at radius 2 is 1.70 bits per heavy atom. The average molecular weight is 357 g/mol. The minimum atomic E-state index is -0.0871. The Kier molecular flexibility index (Phi) is 4.62. The van der Waals surface area contributed by atoms with Gasteiger partial charge in [0.1, 0.15) is 17.1 Å². The van der Waals surface area contributed by atoms with Crippen LogP contribution in [0.1, 0.15) is 11.1 Å². The number of benzene rings is 3. The largest absolute Gasteiger partial charge is 0.464 e. The molecule has 27 heavy (non-hydrogen) atoms. The zero-order valence-corrected chi connectivity index (χ0v) is 14.9. The van der Waals surface area contributed by atoms with Gasteiger partial charge in [0, 0.05) is 16.6 Å². The van der Waals surface area contributed by atoms with E-state index in [1.54, 1.807) is 6.26 Å². The van der Waals surface area contributed by atoms with Crippen LogP contribution >= 0.6 is 0 Å². The molecule has 0 saturated heterocycles. The molecule has 134 valence electrons. The second kappa shape index (κ2) is 7.38. The molecule has 4 aromatic rings. The van der Waals surface area contributed by atoms with Gasteiger partial charge in [-0.15, -0.1) is 0 Å². The van der Waals surface area contributed by atoms with Crippen molar-refractivity contribution in [2.24, 2.45) is 0 Å². The summed E-state index contributed by atoms with van der Waals surface area (Å²) < 4.78 is 11.3. The van der Waals surface area contributed by atoms with Gasteiger partial charge in [-0.05, 0) is 55.5 Å². The molecular weight excluding hydrogens is 338 g/mol. The van der Waals surface area contributed by atoms with E-state index in [-0.39, 0.29) is 12.3 Å². The van der Waals surface area contributed by atoms with E-state index in [0.29, 0.717) is 0 Å². The molecule has 4 nitrogen and oxygen atoms in total. The number of rotatable bonds is 5. The molecule has 1 heterocycles. The Morgan fingerprint density at radius 3 is 2.48 bits per heavy atom. The Labute approximate surface area is 157 Å². The van der Waals surface area contributed by atoms with E-state index < -0.39 is 0 Å². The molecule has 0 aliphatic heterocycles. The molecule has 1 N–H and O–H groups in total. The van der Waals surface area contributed by atoms with Crippen LogP contribution in [0.25, 0.3) is 11.0 Å². The Morgan fingerprint density at radius 1 is 0.963 bits per heavy atom. The van der Waals surface area contributed by atoms with Gasteiger partial charge in [0.15, 0.2) is 0 Å². The maximum atomic E-state index is 12.4. The van der Waals surface area contributed by atoms with Crippen LogP contribution in [0.15, 0.2) is 83.5 Å². The highest BCUT2D eigenvalue weighted by atomic mass is 16.5. The smallest absolute Gasteiger partial charge is 0.228 e. The molecule has 1 aromatic heterocycles. The summed E-state index contributed by atoms with van der Waals surface area (Å²) in [7, 11) is 0. The SMILES string of the molecule is Cc1ccc2occ(CC(=O)Nc3ccc(Oc4ccccc4)cc3)c2c1. The number of fused-ring (bicyclic) bond motifs is 1. The Balaban J connectivity index is 1.41. The molecule has 4 rings (SSSR count). The van der Waals surface area contributed by atoms with Gasteiger partial charge in [0.25, 0.3) is 0 Å². The molecule has 3 aromatic carbocycles. The maximum Gasteiger partial charge on any atom is 0.228 e. The Hall–Kier alpha value is -3.53. The topological polar surface area (TPSA) is 51.5 Å². The van der Waals surface area contributed by atoms with E-state index in [0.717, 1.165) is 39.3 Å². The fraction of sp³-hybridized carbons (Fsp3) is 0.0870. The van der Waals surface area contributed by atoms with Crippen LogP contribution in [-0.2, 0) is 11.2 Å². The van der Waals surface area contributed by atoms with E-state index in [1.165, 1.54) is 0 Å². The highest BCUT2D eigenvalue weighted by Crippen LogP contribution is 2.24. The molecule has 0 aliphatic carbocycles. The first-order chi connectivity index (χ1) is 13.2. The minimum Gasteiger partial charge on any atom is -0.464 e. The summed E-state index contributed by atoms with van der Waals surface area (Å²) in [5.41, 5.74) is 3.55. The maximum absolute atomic E-state index is 12.4. The van der Waals surface area contributed by atoms with Gasteiger partial charge in [0.2, 0.25) is 5.91 Å². The van der Waals surface area contributed by atoms with Crippen molar-refractivity contribution in [1.82, 2.24) is 0 Å². The lowest BCUT2D eigenvalue weighted by Crippen LogP contribution is -2.14. The number of carbonyl (C=O) groups is 1. The van der Waals surface area contributed by atoms with Crippen molar-refractivity contribution in [2.75, 3.05) is 5.32 Å². The number of para-hydroxylation sites is 1. The highest BCUT2D eigenvalue weighted by molar-refractivity contribution is 5.95. The number of furan rings is 1. The number of nitrogens with one attached hydrogen (secondary N) is 1. The lowest BCUT2D eigenvalue weighted by molar-refractivity contribution is -0.115. The Bertz CT molecular complexity index is 1070. The monoisotopic (exact) mass is 357 g/mol. The molecule has 0 spiro atoms. The molecular formula is C23H19NO3. The van der Waals surface area contributed by atoms with Crippen molar-refractivity contribution in [3.8, 4) is 11.5 Å². The van der Waals surface area contributed by atoms with Crippen LogP contribution in [0.4, 0.5) is 5.69 Å². The predicted octanol–water partition coefficient (Wildman–Crippen LogP) is 5.71. The fourth-order valence-corrected chi connectivity index (χ4v) is 2.94. The first-order valence-electron chi connectivity index (χ1n) is 8.77. The fourth-order valence-electron chi connectivity index (χ4n) is 2.94.